The lowest BCUT2D eigenvalue weighted by Gasteiger charge is -1.91. The van der Waals surface area contributed by atoms with E-state index in [-0.39, 0.29) is 0 Å². The molecule has 1 rings (SSSR count). The predicted octanol–water partition coefficient (Wildman–Crippen LogP) is 2.46. The minimum absolute atomic E-state index is 0.973. The summed E-state index contributed by atoms with van der Waals surface area (Å²) in [6.07, 6.45) is 2.89. The maximum Gasteiger partial charge on any atom is 0.335 e. The van der Waals surface area contributed by atoms with Gasteiger partial charge in [0, 0.05) is 0 Å². The molecule has 0 fully saturated rings. The zero-order chi connectivity index (χ0) is 10.8. The van der Waals surface area contributed by atoms with Crippen LogP contribution in [0.1, 0.15) is 5.56 Å². The molecule has 76 valence electrons. The second-order valence-electron chi connectivity index (χ2n) is 2.51. The van der Waals surface area contributed by atoms with Crippen LogP contribution < -0.4 is 0 Å². The van der Waals surface area contributed by atoms with Crippen LogP contribution in [-0.4, -0.2) is 17.8 Å². The molecule has 0 bridgehead atoms. The van der Waals surface area contributed by atoms with Crippen molar-refractivity contribution in [2.24, 2.45) is 0 Å². The van der Waals surface area contributed by atoms with Crippen molar-refractivity contribution in [3.05, 3.63) is 48.6 Å². The molecule has 0 unspecified atom stereocenters. The Morgan fingerprint density at radius 2 is 1.93 bits per heavy atom. The highest BCUT2D eigenvalue weighted by atomic mass is 19.1. The standard InChI is InChI=1S/C9H10.C2H3FO2/c1-2-6-9-7-4-3-5-8-9;3-1-2(4)5/h2-5,7-8H,1,6H2;1H2,(H,4,5). The lowest BCUT2D eigenvalue weighted by Crippen LogP contribution is -1.93. The van der Waals surface area contributed by atoms with E-state index < -0.39 is 12.6 Å². The van der Waals surface area contributed by atoms with Gasteiger partial charge in [-0.1, -0.05) is 36.4 Å². The smallest absolute Gasteiger partial charge is 0.335 e. The van der Waals surface area contributed by atoms with Crippen molar-refractivity contribution >= 4 is 5.97 Å². The summed E-state index contributed by atoms with van der Waals surface area (Å²) >= 11 is 0. The van der Waals surface area contributed by atoms with Gasteiger partial charge in [0.05, 0.1) is 0 Å². The Hall–Kier alpha value is -1.64. The summed E-state index contributed by atoms with van der Waals surface area (Å²) in [5.41, 5.74) is 1.33. The highest BCUT2D eigenvalue weighted by molar-refractivity contribution is 5.67. The van der Waals surface area contributed by atoms with Crippen molar-refractivity contribution in [1.29, 1.82) is 0 Å². The van der Waals surface area contributed by atoms with E-state index in [1.165, 1.54) is 5.56 Å². The van der Waals surface area contributed by atoms with Crippen LogP contribution in [-0.2, 0) is 11.2 Å². The molecule has 2 nitrogen and oxygen atoms in total. The van der Waals surface area contributed by atoms with Crippen LogP contribution in [0, 0.1) is 0 Å². The highest BCUT2D eigenvalue weighted by Gasteiger charge is 1.85. The summed E-state index contributed by atoms with van der Waals surface area (Å²) < 4.78 is 10.5. The summed E-state index contributed by atoms with van der Waals surface area (Å²) in [4.78, 5) is 8.99. The molecule has 1 aromatic rings. The van der Waals surface area contributed by atoms with Gasteiger partial charge in [-0.2, -0.15) is 0 Å². The number of carboxylic acid groups (broad SMARTS) is 1. The summed E-state index contributed by atoms with van der Waals surface area (Å²) in [6.45, 7) is 2.38. The number of allylic oxidation sites excluding steroid dienone is 1. The Morgan fingerprint density at radius 3 is 2.29 bits per heavy atom. The number of rotatable bonds is 3. The minimum Gasteiger partial charge on any atom is -0.479 e. The monoisotopic (exact) mass is 196 g/mol. The first-order valence-corrected chi connectivity index (χ1v) is 4.13. The van der Waals surface area contributed by atoms with Crippen LogP contribution in [0.5, 0.6) is 0 Å². The van der Waals surface area contributed by atoms with E-state index in [0.29, 0.717) is 0 Å². The SMILES string of the molecule is C=CCc1ccccc1.O=C(O)CF. The molecule has 0 saturated carbocycles. The fourth-order valence-corrected chi connectivity index (χ4v) is 0.781. The van der Waals surface area contributed by atoms with E-state index in [4.69, 9.17) is 9.90 Å². The van der Waals surface area contributed by atoms with Crippen molar-refractivity contribution in [1.82, 2.24) is 0 Å². The van der Waals surface area contributed by atoms with Crippen LogP contribution in [0.25, 0.3) is 0 Å². The third kappa shape index (κ3) is 7.03. The van der Waals surface area contributed by atoms with Crippen LogP contribution in [0.2, 0.25) is 0 Å². The number of alkyl halides is 1. The Bertz CT molecular complexity index is 270. The Kier molecular flexibility index (Phi) is 7.05. The average Bonchev–Trinajstić information content (AvgIpc) is 2.21. The zero-order valence-corrected chi connectivity index (χ0v) is 7.82. The molecule has 0 heterocycles. The van der Waals surface area contributed by atoms with Gasteiger partial charge in [-0.25, -0.2) is 9.18 Å². The first-order valence-electron chi connectivity index (χ1n) is 4.13. The molecule has 0 aromatic heterocycles. The molecule has 0 amide bonds. The van der Waals surface area contributed by atoms with Gasteiger partial charge < -0.3 is 5.11 Å². The Labute approximate surface area is 82.7 Å². The van der Waals surface area contributed by atoms with Crippen LogP contribution >= 0.6 is 0 Å². The van der Waals surface area contributed by atoms with Crippen LogP contribution in [0.15, 0.2) is 43.0 Å². The lowest BCUT2D eigenvalue weighted by atomic mass is 10.2. The van der Waals surface area contributed by atoms with E-state index in [2.05, 4.69) is 18.7 Å². The first-order chi connectivity index (χ1) is 6.70. The molecule has 0 aliphatic heterocycles. The van der Waals surface area contributed by atoms with E-state index in [1.807, 2.05) is 24.3 Å². The number of hydrogen-bond acceptors (Lipinski definition) is 1. The molecule has 0 spiro atoms. The lowest BCUT2D eigenvalue weighted by molar-refractivity contribution is -0.137. The minimum atomic E-state index is -1.41. The maximum absolute atomic E-state index is 10.5. The first kappa shape index (κ1) is 12.4. The summed E-state index contributed by atoms with van der Waals surface area (Å²) in [7, 11) is 0. The molecule has 0 aliphatic rings. The molecular formula is C11H13FO2. The van der Waals surface area contributed by atoms with Crippen molar-refractivity contribution in [2.45, 2.75) is 6.42 Å². The maximum atomic E-state index is 10.5. The molecule has 1 aromatic carbocycles. The molecule has 0 saturated heterocycles. The Morgan fingerprint density at radius 1 is 1.43 bits per heavy atom. The second kappa shape index (κ2) is 7.98. The van der Waals surface area contributed by atoms with Crippen LogP contribution in [0.4, 0.5) is 4.39 Å². The molecule has 0 radical (unpaired) electrons. The largest absolute Gasteiger partial charge is 0.479 e. The normalized spacial score (nSPS) is 8.36. The second-order valence-corrected chi connectivity index (χ2v) is 2.51. The molecule has 3 heteroatoms. The average molecular weight is 196 g/mol. The fourth-order valence-electron chi connectivity index (χ4n) is 0.781. The van der Waals surface area contributed by atoms with E-state index in [1.54, 1.807) is 0 Å². The number of carboxylic acids is 1. The molecule has 14 heavy (non-hydrogen) atoms. The van der Waals surface area contributed by atoms with Gasteiger partial charge in [0.25, 0.3) is 0 Å². The number of carbonyl (C=O) groups is 1. The van der Waals surface area contributed by atoms with Crippen molar-refractivity contribution in [3.63, 3.8) is 0 Å². The number of aliphatic carboxylic acids is 1. The number of halogens is 1. The highest BCUT2D eigenvalue weighted by Crippen LogP contribution is 1.98. The molecule has 1 N–H and O–H groups in total. The molecular weight excluding hydrogens is 183 g/mol. The van der Waals surface area contributed by atoms with Crippen molar-refractivity contribution in [3.8, 4) is 0 Å². The Balaban J connectivity index is 0.000000292. The van der Waals surface area contributed by atoms with Crippen molar-refractivity contribution in [2.75, 3.05) is 6.67 Å². The predicted molar refractivity (Wildman–Crippen MR) is 54.0 cm³/mol. The summed E-state index contributed by atoms with van der Waals surface area (Å²) in [5, 5.41) is 7.35. The van der Waals surface area contributed by atoms with E-state index >= 15 is 0 Å². The van der Waals surface area contributed by atoms with E-state index in [9.17, 15) is 4.39 Å². The molecule has 0 aliphatic carbocycles. The van der Waals surface area contributed by atoms with Gasteiger partial charge >= 0.3 is 5.97 Å². The summed E-state index contributed by atoms with van der Waals surface area (Å²) in [6, 6.07) is 10.3. The van der Waals surface area contributed by atoms with Gasteiger partial charge in [0.1, 0.15) is 0 Å². The number of benzene rings is 1. The van der Waals surface area contributed by atoms with Gasteiger partial charge in [-0.05, 0) is 12.0 Å². The van der Waals surface area contributed by atoms with Crippen molar-refractivity contribution < 1.29 is 14.3 Å². The fraction of sp³-hybridized carbons (Fsp3) is 0.182. The topological polar surface area (TPSA) is 37.3 Å². The van der Waals surface area contributed by atoms with Gasteiger partial charge in [-0.15, -0.1) is 6.58 Å². The zero-order valence-electron chi connectivity index (χ0n) is 7.82. The van der Waals surface area contributed by atoms with E-state index in [0.717, 1.165) is 6.42 Å². The van der Waals surface area contributed by atoms with Crippen LogP contribution in [0.3, 0.4) is 0 Å². The van der Waals surface area contributed by atoms with Gasteiger partial charge in [-0.3, -0.25) is 0 Å². The summed E-state index contributed by atoms with van der Waals surface area (Å²) in [5.74, 6) is -1.41. The third-order valence-electron chi connectivity index (χ3n) is 1.34. The van der Waals surface area contributed by atoms with Gasteiger partial charge in [0.2, 0.25) is 0 Å². The third-order valence-corrected chi connectivity index (χ3v) is 1.34. The van der Waals surface area contributed by atoms with Gasteiger partial charge in [0.15, 0.2) is 6.67 Å². The quantitative estimate of drug-likeness (QED) is 0.754. The molecule has 0 atom stereocenters. The number of hydrogen-bond donors (Lipinski definition) is 1.